The predicted octanol–water partition coefficient (Wildman–Crippen LogP) is 1.41. The number of para-hydroxylation sites is 1. The number of morpholine rings is 1. The van der Waals surface area contributed by atoms with E-state index in [4.69, 9.17) is 9.47 Å². The number of aromatic nitrogens is 3. The fourth-order valence-corrected chi connectivity index (χ4v) is 3.19. The van der Waals surface area contributed by atoms with E-state index in [1.165, 1.54) is 6.07 Å². The molecule has 1 saturated heterocycles. The summed E-state index contributed by atoms with van der Waals surface area (Å²) < 4.78 is 25.1. The molecule has 0 bridgehead atoms. The highest BCUT2D eigenvalue weighted by Gasteiger charge is 2.36. The summed E-state index contributed by atoms with van der Waals surface area (Å²) in [6.07, 6.45) is 0.0789. The van der Waals surface area contributed by atoms with Gasteiger partial charge in [0.25, 0.3) is 5.91 Å². The van der Waals surface area contributed by atoms with E-state index in [1.54, 1.807) is 17.0 Å². The minimum Gasteiger partial charge on any atom is -0.477 e. The molecule has 132 valence electrons. The van der Waals surface area contributed by atoms with Crippen LogP contribution in [0.2, 0.25) is 0 Å². The summed E-state index contributed by atoms with van der Waals surface area (Å²) in [5.74, 6) is 0.936. The Balaban J connectivity index is 1.45. The van der Waals surface area contributed by atoms with Crippen molar-refractivity contribution in [1.82, 2.24) is 20.1 Å². The van der Waals surface area contributed by atoms with Crippen LogP contribution in [-0.2, 0) is 22.4 Å². The molecule has 2 aromatic rings. The number of halogens is 1. The fraction of sp³-hybridized carbons (Fsp3) is 0.471. The van der Waals surface area contributed by atoms with E-state index < -0.39 is 11.9 Å². The Bertz CT molecular complexity index is 794. The number of amides is 1. The van der Waals surface area contributed by atoms with E-state index in [0.717, 1.165) is 17.8 Å². The second-order valence-corrected chi connectivity index (χ2v) is 6.18. The second-order valence-electron chi connectivity index (χ2n) is 6.18. The maximum atomic E-state index is 13.8. The smallest absolute Gasteiger partial charge is 0.264 e. The van der Waals surface area contributed by atoms with Gasteiger partial charge >= 0.3 is 0 Å². The van der Waals surface area contributed by atoms with Gasteiger partial charge in [0, 0.05) is 24.9 Å². The van der Waals surface area contributed by atoms with Crippen molar-refractivity contribution in [3.63, 3.8) is 0 Å². The number of ether oxygens (including phenoxy) is 2. The molecule has 25 heavy (non-hydrogen) atoms. The third-order valence-corrected chi connectivity index (χ3v) is 4.54. The first-order valence-corrected chi connectivity index (χ1v) is 8.41. The van der Waals surface area contributed by atoms with Crippen molar-refractivity contribution < 1.29 is 18.7 Å². The van der Waals surface area contributed by atoms with Crippen molar-refractivity contribution in [2.45, 2.75) is 32.0 Å². The van der Waals surface area contributed by atoms with Crippen LogP contribution in [0.25, 0.3) is 0 Å². The Morgan fingerprint density at radius 2 is 2.36 bits per heavy atom. The van der Waals surface area contributed by atoms with E-state index in [9.17, 15) is 9.18 Å². The van der Waals surface area contributed by atoms with Gasteiger partial charge in [0.15, 0.2) is 23.5 Å². The van der Waals surface area contributed by atoms with Gasteiger partial charge in [-0.05, 0) is 6.07 Å². The van der Waals surface area contributed by atoms with Crippen molar-refractivity contribution in [3.8, 4) is 5.75 Å². The SMILES string of the molecule is CCc1nc(C2CN(C(=O)C3Cc4cccc(F)c4O3)CCO2)n[nH]1. The summed E-state index contributed by atoms with van der Waals surface area (Å²) in [6.45, 7) is 3.22. The number of aryl methyl sites for hydroxylation is 1. The highest BCUT2D eigenvalue weighted by Crippen LogP contribution is 2.32. The number of nitrogens with one attached hydrogen (secondary N) is 1. The lowest BCUT2D eigenvalue weighted by atomic mass is 10.1. The lowest BCUT2D eigenvalue weighted by molar-refractivity contribution is -0.146. The molecule has 7 nitrogen and oxygen atoms in total. The zero-order valence-corrected chi connectivity index (χ0v) is 13.9. The molecule has 1 amide bonds. The van der Waals surface area contributed by atoms with Crippen molar-refractivity contribution in [1.29, 1.82) is 0 Å². The summed E-state index contributed by atoms with van der Waals surface area (Å²) in [6, 6.07) is 4.75. The van der Waals surface area contributed by atoms with E-state index in [2.05, 4.69) is 15.2 Å². The quantitative estimate of drug-likeness (QED) is 0.909. The minimum absolute atomic E-state index is 0.157. The number of carbonyl (C=O) groups is 1. The van der Waals surface area contributed by atoms with Crippen molar-refractivity contribution in [2.24, 2.45) is 0 Å². The van der Waals surface area contributed by atoms with E-state index in [-0.39, 0.29) is 17.8 Å². The number of fused-ring (bicyclic) bond motifs is 1. The predicted molar refractivity (Wildman–Crippen MR) is 85.6 cm³/mol. The minimum atomic E-state index is -0.691. The lowest BCUT2D eigenvalue weighted by Gasteiger charge is -2.32. The second kappa shape index (κ2) is 6.44. The first kappa shape index (κ1) is 16.0. The molecule has 2 atom stereocenters. The zero-order chi connectivity index (χ0) is 17.4. The van der Waals surface area contributed by atoms with Crippen LogP contribution < -0.4 is 4.74 Å². The molecule has 4 rings (SSSR count). The van der Waals surface area contributed by atoms with Gasteiger partial charge in [0.1, 0.15) is 11.9 Å². The van der Waals surface area contributed by atoms with Crippen LogP contribution in [0.1, 0.15) is 30.2 Å². The molecule has 0 aliphatic carbocycles. The van der Waals surface area contributed by atoms with Crippen LogP contribution in [0.3, 0.4) is 0 Å². The number of hydrogen-bond donors (Lipinski definition) is 1. The highest BCUT2D eigenvalue weighted by molar-refractivity contribution is 5.82. The van der Waals surface area contributed by atoms with Crippen LogP contribution in [0.4, 0.5) is 4.39 Å². The maximum Gasteiger partial charge on any atom is 0.264 e. The van der Waals surface area contributed by atoms with Crippen molar-refractivity contribution in [2.75, 3.05) is 19.7 Å². The lowest BCUT2D eigenvalue weighted by Crippen LogP contribution is -2.48. The van der Waals surface area contributed by atoms with Gasteiger partial charge in [-0.25, -0.2) is 9.37 Å². The molecular formula is C17H19FN4O3. The molecule has 0 spiro atoms. The highest BCUT2D eigenvalue weighted by atomic mass is 19.1. The standard InChI is InChI=1S/C17H19FN4O3/c1-2-14-19-16(21-20-14)13-9-22(6-7-24-13)17(23)12-8-10-4-3-5-11(18)15(10)25-12/h3-5,12-13H,2,6-9H2,1H3,(H,19,20,21). The molecule has 0 saturated carbocycles. The molecule has 2 aliphatic heterocycles. The Hall–Kier alpha value is -2.48. The molecule has 3 heterocycles. The Kier molecular flexibility index (Phi) is 4.12. The van der Waals surface area contributed by atoms with Gasteiger partial charge in [0.2, 0.25) is 0 Å². The number of benzene rings is 1. The number of H-pyrrole nitrogens is 1. The molecule has 8 heteroatoms. The largest absolute Gasteiger partial charge is 0.477 e. The Labute approximate surface area is 144 Å². The van der Waals surface area contributed by atoms with Crippen LogP contribution >= 0.6 is 0 Å². The van der Waals surface area contributed by atoms with Crippen LogP contribution in [0, 0.1) is 5.82 Å². The van der Waals surface area contributed by atoms with Gasteiger partial charge in [-0.15, -0.1) is 0 Å². The summed E-state index contributed by atoms with van der Waals surface area (Å²) >= 11 is 0. The molecule has 2 unspecified atom stereocenters. The monoisotopic (exact) mass is 346 g/mol. The van der Waals surface area contributed by atoms with Gasteiger partial charge in [-0.1, -0.05) is 19.1 Å². The topological polar surface area (TPSA) is 80.3 Å². The molecular weight excluding hydrogens is 327 g/mol. The maximum absolute atomic E-state index is 13.8. The third-order valence-electron chi connectivity index (χ3n) is 4.54. The number of nitrogens with zero attached hydrogens (tertiary/aromatic N) is 3. The van der Waals surface area contributed by atoms with Crippen molar-refractivity contribution in [3.05, 3.63) is 41.2 Å². The van der Waals surface area contributed by atoms with Crippen LogP contribution in [-0.4, -0.2) is 51.8 Å². The molecule has 1 fully saturated rings. The first-order chi connectivity index (χ1) is 12.2. The van der Waals surface area contributed by atoms with E-state index in [0.29, 0.717) is 31.9 Å². The van der Waals surface area contributed by atoms with E-state index >= 15 is 0 Å². The molecule has 1 N–H and O–H groups in total. The summed E-state index contributed by atoms with van der Waals surface area (Å²) in [5.41, 5.74) is 0.727. The van der Waals surface area contributed by atoms with Gasteiger partial charge in [-0.3, -0.25) is 9.89 Å². The number of hydrogen-bond acceptors (Lipinski definition) is 5. The van der Waals surface area contributed by atoms with Crippen LogP contribution in [0.5, 0.6) is 5.75 Å². The average Bonchev–Trinajstić information content (AvgIpc) is 3.29. The number of rotatable bonds is 3. The molecule has 2 aliphatic rings. The van der Waals surface area contributed by atoms with Crippen LogP contribution in [0.15, 0.2) is 18.2 Å². The Morgan fingerprint density at radius 1 is 1.48 bits per heavy atom. The third kappa shape index (κ3) is 2.97. The van der Waals surface area contributed by atoms with E-state index in [1.807, 2.05) is 6.92 Å². The normalized spacial score (nSPS) is 22.6. The average molecular weight is 346 g/mol. The number of aromatic amines is 1. The van der Waals surface area contributed by atoms with Gasteiger partial charge in [-0.2, -0.15) is 5.10 Å². The zero-order valence-electron chi connectivity index (χ0n) is 13.9. The summed E-state index contributed by atoms with van der Waals surface area (Å²) in [4.78, 5) is 18.9. The summed E-state index contributed by atoms with van der Waals surface area (Å²) in [5, 5.41) is 7.03. The number of carbonyl (C=O) groups excluding carboxylic acids is 1. The fourth-order valence-electron chi connectivity index (χ4n) is 3.19. The molecule has 0 radical (unpaired) electrons. The van der Waals surface area contributed by atoms with Crippen molar-refractivity contribution >= 4 is 5.91 Å². The summed E-state index contributed by atoms with van der Waals surface area (Å²) in [7, 11) is 0. The van der Waals surface area contributed by atoms with Gasteiger partial charge in [0.05, 0.1) is 13.2 Å². The molecule has 1 aromatic carbocycles. The van der Waals surface area contributed by atoms with Gasteiger partial charge < -0.3 is 14.4 Å². The molecule has 1 aromatic heterocycles. The Morgan fingerprint density at radius 3 is 3.12 bits per heavy atom. The first-order valence-electron chi connectivity index (χ1n) is 8.41.